The van der Waals surface area contributed by atoms with Crippen LogP contribution in [0.15, 0.2) is 24.3 Å². The maximum Gasteiger partial charge on any atom is 0.303 e. The van der Waals surface area contributed by atoms with Gasteiger partial charge in [-0.3, -0.25) is 9.59 Å². The molecule has 8 bridgehead atoms. The summed E-state index contributed by atoms with van der Waals surface area (Å²) >= 11 is 0. The Labute approximate surface area is 271 Å². The molecular formula is C34H38CrN4O6. The molecule has 0 saturated heterocycles. The number of carbonyl (C=O) groups is 2. The number of aromatic nitrogens is 4. The molecule has 3 aromatic heterocycles. The van der Waals surface area contributed by atoms with Gasteiger partial charge in [0.25, 0.3) is 0 Å². The van der Waals surface area contributed by atoms with E-state index in [0.29, 0.717) is 39.4 Å². The third-order valence-corrected chi connectivity index (χ3v) is 8.65. The Morgan fingerprint density at radius 1 is 0.644 bits per heavy atom. The second kappa shape index (κ2) is 13.2. The van der Waals surface area contributed by atoms with Crippen molar-refractivity contribution in [2.24, 2.45) is 0 Å². The van der Waals surface area contributed by atoms with Gasteiger partial charge in [-0.1, -0.05) is 0 Å². The normalized spacial score (nSPS) is 14.4. The Bertz CT molecular complexity index is 1930. The van der Waals surface area contributed by atoms with E-state index in [1.807, 2.05) is 52.0 Å². The number of carboxylic acid groups (broad SMARTS) is 2. The smallest absolute Gasteiger partial charge is 0.303 e. The zero-order valence-electron chi connectivity index (χ0n) is 26.2. The van der Waals surface area contributed by atoms with Gasteiger partial charge < -0.3 is 30.4 Å². The van der Waals surface area contributed by atoms with Gasteiger partial charge in [-0.2, -0.15) is 0 Å². The van der Waals surface area contributed by atoms with Crippen LogP contribution in [-0.4, -0.2) is 52.3 Å². The Morgan fingerprint density at radius 3 is 1.42 bits per heavy atom. The van der Waals surface area contributed by atoms with E-state index in [9.17, 15) is 30.0 Å². The summed E-state index contributed by atoms with van der Waals surface area (Å²) in [6.07, 6.45) is -1.18. The average molecular weight is 651 g/mol. The summed E-state index contributed by atoms with van der Waals surface area (Å²) < 4.78 is 0. The van der Waals surface area contributed by atoms with Crippen molar-refractivity contribution in [2.45, 2.75) is 79.4 Å². The second-order valence-electron chi connectivity index (χ2n) is 11.7. The molecule has 6 N–H and O–H groups in total. The van der Waals surface area contributed by atoms with E-state index in [-0.39, 0.29) is 43.0 Å². The van der Waals surface area contributed by atoms with E-state index in [1.165, 1.54) is 0 Å². The minimum Gasteiger partial charge on any atom is -0.481 e. The molecule has 236 valence electrons. The molecular weight excluding hydrogens is 612 g/mol. The van der Waals surface area contributed by atoms with Crippen molar-refractivity contribution in [2.75, 3.05) is 0 Å². The van der Waals surface area contributed by atoms with E-state index in [4.69, 9.17) is 9.97 Å². The molecule has 2 aliphatic rings. The van der Waals surface area contributed by atoms with Crippen molar-refractivity contribution < 1.29 is 47.4 Å². The first kappa shape index (κ1) is 33.9. The number of nitrogens with zero attached hydrogens (tertiary/aromatic N) is 2. The van der Waals surface area contributed by atoms with Crippen molar-refractivity contribution in [3.8, 4) is 0 Å². The van der Waals surface area contributed by atoms with Crippen molar-refractivity contribution in [1.82, 2.24) is 19.9 Å². The van der Waals surface area contributed by atoms with Gasteiger partial charge in [-0.15, -0.1) is 0 Å². The van der Waals surface area contributed by atoms with Crippen molar-refractivity contribution in [1.29, 1.82) is 0 Å². The van der Waals surface area contributed by atoms with Gasteiger partial charge in [-0.05, 0) is 112 Å². The molecule has 0 aliphatic carbocycles. The molecule has 0 radical (unpaired) electrons. The quantitative estimate of drug-likeness (QED) is 0.158. The van der Waals surface area contributed by atoms with E-state index < -0.39 is 24.1 Å². The number of aryl methyl sites for hydroxylation is 2. The first-order chi connectivity index (χ1) is 20.8. The monoisotopic (exact) mass is 650 g/mol. The molecule has 0 fully saturated rings. The van der Waals surface area contributed by atoms with Gasteiger partial charge in [-0.25, -0.2) is 9.97 Å². The predicted octanol–water partition coefficient (Wildman–Crippen LogP) is 6.63. The fourth-order valence-electron chi connectivity index (χ4n) is 6.32. The van der Waals surface area contributed by atoms with E-state index in [2.05, 4.69) is 9.97 Å². The fraction of sp³-hybridized carbons (Fsp3) is 0.353. The van der Waals surface area contributed by atoms with Crippen molar-refractivity contribution >= 4 is 56.3 Å². The SMILES string of the molecule is CC1=C(CCC(=O)O)c2cc3nc(cc4[nH]c(cc5[nH]c(cc1n2)c(C)c5C(C)O)c(C)c4C(C)O)C(C)=C3CCC(=O)O.[Cr]. The van der Waals surface area contributed by atoms with Crippen LogP contribution in [0.2, 0.25) is 0 Å². The fourth-order valence-corrected chi connectivity index (χ4v) is 6.32. The number of carboxylic acids is 2. The van der Waals surface area contributed by atoms with Gasteiger partial charge >= 0.3 is 11.9 Å². The van der Waals surface area contributed by atoms with Crippen LogP contribution in [0, 0.1) is 13.8 Å². The number of hydrogen-bond acceptors (Lipinski definition) is 6. The Morgan fingerprint density at radius 2 is 1.02 bits per heavy atom. The van der Waals surface area contributed by atoms with E-state index in [1.54, 1.807) is 13.8 Å². The van der Waals surface area contributed by atoms with Crippen LogP contribution in [-0.2, 0) is 27.0 Å². The minimum atomic E-state index is -0.921. The van der Waals surface area contributed by atoms with Crippen LogP contribution in [0.5, 0.6) is 0 Å². The number of aromatic amines is 2. The predicted molar refractivity (Wildman–Crippen MR) is 170 cm³/mol. The third-order valence-electron chi connectivity index (χ3n) is 8.65. The molecule has 11 heteroatoms. The number of fused-ring (bicyclic) bond motifs is 8. The van der Waals surface area contributed by atoms with Crippen molar-refractivity contribution in [3.63, 3.8) is 0 Å². The maximum absolute atomic E-state index is 11.6. The van der Waals surface area contributed by atoms with Crippen LogP contribution < -0.4 is 0 Å². The standard InChI is InChI=1S/C34H38N4O6.Cr/c1-15-21(7-9-31(41)42)27-14-28-22(8-10-32(43)44)16(2)24(36-28)12-29-34(20(6)40)18(4)26(38-29)13-30-33(19(5)39)17(3)25(37-30)11-23(15)35-27;/h11-14,19-20,37-40H,7-10H2,1-6H3,(H,41,42)(H,43,44);. The summed E-state index contributed by atoms with van der Waals surface area (Å²) in [6.45, 7) is 11.1. The summed E-state index contributed by atoms with van der Waals surface area (Å²) in [5.41, 5.74) is 11.7. The average Bonchev–Trinajstić information content (AvgIpc) is 3.59. The molecule has 5 rings (SSSR count). The number of rotatable bonds is 8. The molecule has 0 spiro atoms. The number of allylic oxidation sites excluding steroid dienone is 4. The maximum atomic E-state index is 11.6. The molecule has 0 aromatic carbocycles. The van der Waals surface area contributed by atoms with Crippen LogP contribution in [0.4, 0.5) is 0 Å². The summed E-state index contributed by atoms with van der Waals surface area (Å²) in [6, 6.07) is 7.51. The van der Waals surface area contributed by atoms with Gasteiger partial charge in [0.05, 0.1) is 35.0 Å². The number of aliphatic hydroxyl groups is 2. The molecule has 5 heterocycles. The molecule has 10 nitrogen and oxygen atoms in total. The van der Waals surface area contributed by atoms with Crippen LogP contribution in [0.25, 0.3) is 44.4 Å². The third kappa shape index (κ3) is 6.53. The van der Waals surface area contributed by atoms with Crippen LogP contribution >= 0.6 is 0 Å². The van der Waals surface area contributed by atoms with E-state index >= 15 is 0 Å². The Kier molecular flexibility index (Phi) is 9.90. The number of H-pyrrole nitrogens is 2. The van der Waals surface area contributed by atoms with Gasteiger partial charge in [0.2, 0.25) is 0 Å². The van der Waals surface area contributed by atoms with Gasteiger partial charge in [0.15, 0.2) is 0 Å². The number of hydrogen-bond donors (Lipinski definition) is 6. The summed E-state index contributed by atoms with van der Waals surface area (Å²) in [4.78, 5) is 39.8. The summed E-state index contributed by atoms with van der Waals surface area (Å²) in [5.74, 6) is -1.84. The largest absolute Gasteiger partial charge is 0.481 e. The first-order valence-corrected chi connectivity index (χ1v) is 14.7. The zero-order valence-corrected chi connectivity index (χ0v) is 27.5. The zero-order chi connectivity index (χ0) is 32.0. The number of aliphatic hydroxyl groups excluding tert-OH is 2. The molecule has 2 unspecified atom stereocenters. The second-order valence-corrected chi connectivity index (χ2v) is 11.7. The van der Waals surface area contributed by atoms with Crippen LogP contribution in [0.1, 0.15) is 111 Å². The Hall–Kier alpha value is -4.01. The molecule has 0 amide bonds. The first-order valence-electron chi connectivity index (χ1n) is 14.7. The van der Waals surface area contributed by atoms with Crippen LogP contribution in [0.3, 0.4) is 0 Å². The molecule has 45 heavy (non-hydrogen) atoms. The molecule has 3 aromatic rings. The summed E-state index contributed by atoms with van der Waals surface area (Å²) in [5, 5.41) is 40.5. The summed E-state index contributed by atoms with van der Waals surface area (Å²) in [7, 11) is 0. The van der Waals surface area contributed by atoms with Gasteiger partial charge in [0, 0.05) is 63.4 Å². The molecule has 2 aliphatic heterocycles. The number of aliphatic carboxylic acids is 2. The van der Waals surface area contributed by atoms with E-state index in [0.717, 1.165) is 50.0 Å². The van der Waals surface area contributed by atoms with Gasteiger partial charge in [0.1, 0.15) is 0 Å². The molecule has 2 atom stereocenters. The molecule has 0 saturated carbocycles. The Balaban J connectivity index is 0.00000461. The van der Waals surface area contributed by atoms with Crippen molar-refractivity contribution in [3.05, 3.63) is 69.3 Å². The topological polar surface area (TPSA) is 172 Å². The number of nitrogens with one attached hydrogen (secondary N) is 2. The minimum absolute atomic E-state index is 0.